The number of benzene rings is 2. The molecule has 0 saturated carbocycles. The molecule has 2 aromatic carbocycles. The Balaban J connectivity index is 1.98. The number of anilines is 2. The summed E-state index contributed by atoms with van der Waals surface area (Å²) < 4.78 is 5.18. The molecule has 0 atom stereocenters. The molecular formula is C16H19N3O2. The maximum Gasteiger partial charge on any atom is 0.319 e. The molecule has 0 aromatic heterocycles. The Labute approximate surface area is 124 Å². The van der Waals surface area contributed by atoms with Crippen molar-refractivity contribution in [2.24, 2.45) is 0 Å². The Bertz CT molecular complexity index is 641. The number of ether oxygens (including phenoxy) is 1. The van der Waals surface area contributed by atoms with E-state index in [9.17, 15) is 4.79 Å². The molecule has 0 aliphatic rings. The number of nitrogen functional groups attached to an aromatic ring is 1. The summed E-state index contributed by atoms with van der Waals surface area (Å²) in [4.78, 5) is 11.9. The van der Waals surface area contributed by atoms with Crippen LogP contribution in [0.4, 0.5) is 16.2 Å². The fourth-order valence-electron chi connectivity index (χ4n) is 1.98. The number of para-hydroxylation sites is 2. The first kappa shape index (κ1) is 14.7. The topological polar surface area (TPSA) is 76.4 Å². The van der Waals surface area contributed by atoms with Gasteiger partial charge in [-0.05, 0) is 36.2 Å². The minimum absolute atomic E-state index is 0.290. The molecule has 0 heterocycles. The number of rotatable bonds is 4. The molecule has 2 aromatic rings. The zero-order chi connectivity index (χ0) is 15.2. The molecule has 0 bridgehead atoms. The number of nitrogens with two attached hydrogens (primary N) is 1. The van der Waals surface area contributed by atoms with E-state index >= 15 is 0 Å². The Morgan fingerprint density at radius 1 is 1.19 bits per heavy atom. The average Bonchev–Trinajstić information content (AvgIpc) is 2.49. The van der Waals surface area contributed by atoms with Gasteiger partial charge < -0.3 is 21.1 Å². The molecular weight excluding hydrogens is 266 g/mol. The number of carbonyl (C=O) groups excluding carboxylic acids is 1. The van der Waals surface area contributed by atoms with E-state index < -0.39 is 0 Å². The molecule has 2 rings (SSSR count). The maximum atomic E-state index is 11.9. The third kappa shape index (κ3) is 3.66. The Hall–Kier alpha value is -2.69. The van der Waals surface area contributed by atoms with Gasteiger partial charge in [-0.1, -0.05) is 24.3 Å². The van der Waals surface area contributed by atoms with Crippen LogP contribution in [0.1, 0.15) is 11.1 Å². The van der Waals surface area contributed by atoms with Crippen molar-refractivity contribution in [2.75, 3.05) is 18.2 Å². The second-order valence-corrected chi connectivity index (χ2v) is 4.64. The van der Waals surface area contributed by atoms with E-state index in [0.717, 1.165) is 16.8 Å². The maximum absolute atomic E-state index is 11.9. The molecule has 5 nitrogen and oxygen atoms in total. The number of methoxy groups -OCH3 is 1. The number of hydrogen-bond acceptors (Lipinski definition) is 3. The summed E-state index contributed by atoms with van der Waals surface area (Å²) in [7, 11) is 1.56. The third-order valence-electron chi connectivity index (χ3n) is 3.28. The summed E-state index contributed by atoms with van der Waals surface area (Å²) in [5.74, 6) is 0.618. The van der Waals surface area contributed by atoms with Crippen LogP contribution in [0.5, 0.6) is 5.75 Å². The summed E-state index contributed by atoms with van der Waals surface area (Å²) in [6, 6.07) is 12.6. The van der Waals surface area contributed by atoms with E-state index in [1.807, 2.05) is 37.3 Å². The molecule has 0 radical (unpaired) electrons. The summed E-state index contributed by atoms with van der Waals surface area (Å²) in [5.41, 5.74) is 9.16. The Morgan fingerprint density at radius 2 is 1.95 bits per heavy atom. The molecule has 0 fully saturated rings. The summed E-state index contributed by atoms with van der Waals surface area (Å²) in [5, 5.41) is 5.57. The molecule has 0 spiro atoms. The lowest BCUT2D eigenvalue weighted by Gasteiger charge is -2.12. The lowest BCUT2D eigenvalue weighted by Crippen LogP contribution is -2.28. The molecule has 0 aliphatic heterocycles. The van der Waals surface area contributed by atoms with Crippen LogP contribution in [0.25, 0.3) is 0 Å². The van der Waals surface area contributed by atoms with Gasteiger partial charge in [0.05, 0.1) is 12.8 Å². The van der Waals surface area contributed by atoms with Gasteiger partial charge in [-0.15, -0.1) is 0 Å². The summed E-state index contributed by atoms with van der Waals surface area (Å²) in [6.45, 7) is 2.35. The van der Waals surface area contributed by atoms with Gasteiger partial charge in [0, 0.05) is 12.2 Å². The van der Waals surface area contributed by atoms with Crippen LogP contribution in [0.15, 0.2) is 42.5 Å². The van der Waals surface area contributed by atoms with E-state index in [0.29, 0.717) is 18.0 Å². The lowest BCUT2D eigenvalue weighted by molar-refractivity contribution is 0.251. The van der Waals surface area contributed by atoms with E-state index in [1.165, 1.54) is 0 Å². The van der Waals surface area contributed by atoms with Crippen molar-refractivity contribution in [3.8, 4) is 5.75 Å². The van der Waals surface area contributed by atoms with Gasteiger partial charge in [-0.25, -0.2) is 4.79 Å². The smallest absolute Gasteiger partial charge is 0.319 e. The monoisotopic (exact) mass is 285 g/mol. The van der Waals surface area contributed by atoms with Gasteiger partial charge in [0.25, 0.3) is 0 Å². The highest BCUT2D eigenvalue weighted by molar-refractivity contribution is 5.90. The number of carbonyl (C=O) groups is 1. The number of amides is 2. The molecule has 5 heteroatoms. The zero-order valence-corrected chi connectivity index (χ0v) is 12.1. The van der Waals surface area contributed by atoms with Crippen LogP contribution < -0.4 is 21.1 Å². The van der Waals surface area contributed by atoms with Gasteiger partial charge in [-0.2, -0.15) is 0 Å². The highest BCUT2D eigenvalue weighted by atomic mass is 16.5. The second kappa shape index (κ2) is 6.65. The van der Waals surface area contributed by atoms with Gasteiger partial charge in [-0.3, -0.25) is 0 Å². The van der Waals surface area contributed by atoms with Crippen molar-refractivity contribution in [1.29, 1.82) is 0 Å². The van der Waals surface area contributed by atoms with Gasteiger partial charge in [0.15, 0.2) is 0 Å². The van der Waals surface area contributed by atoms with Gasteiger partial charge >= 0.3 is 6.03 Å². The van der Waals surface area contributed by atoms with E-state index in [2.05, 4.69) is 10.6 Å². The number of urea groups is 1. The predicted octanol–water partition coefficient (Wildman–Crippen LogP) is 2.91. The molecule has 110 valence electrons. The third-order valence-corrected chi connectivity index (χ3v) is 3.28. The average molecular weight is 285 g/mol. The standard InChI is InChI=1S/C16H19N3O2/c1-11-12(6-5-7-13(11)17)10-18-16(20)19-14-8-3-4-9-15(14)21-2/h3-9H,10,17H2,1-2H3,(H2,18,19,20). The van der Waals surface area contributed by atoms with Crippen LogP contribution in [0, 0.1) is 6.92 Å². The van der Waals surface area contributed by atoms with Gasteiger partial charge in [0.1, 0.15) is 5.75 Å². The van der Waals surface area contributed by atoms with Crippen molar-refractivity contribution in [3.05, 3.63) is 53.6 Å². The van der Waals surface area contributed by atoms with Crippen LogP contribution in [-0.4, -0.2) is 13.1 Å². The fourth-order valence-corrected chi connectivity index (χ4v) is 1.98. The highest BCUT2D eigenvalue weighted by Gasteiger charge is 2.07. The fraction of sp³-hybridized carbons (Fsp3) is 0.188. The first-order valence-electron chi connectivity index (χ1n) is 6.63. The highest BCUT2D eigenvalue weighted by Crippen LogP contribution is 2.22. The van der Waals surface area contributed by atoms with Gasteiger partial charge in [0.2, 0.25) is 0 Å². The van der Waals surface area contributed by atoms with Crippen molar-refractivity contribution < 1.29 is 9.53 Å². The van der Waals surface area contributed by atoms with Crippen molar-refractivity contribution >= 4 is 17.4 Å². The predicted molar refractivity (Wildman–Crippen MR) is 84.4 cm³/mol. The molecule has 0 aliphatic carbocycles. The normalized spacial score (nSPS) is 10.0. The minimum atomic E-state index is -0.290. The molecule has 4 N–H and O–H groups in total. The number of nitrogens with one attached hydrogen (secondary N) is 2. The zero-order valence-electron chi connectivity index (χ0n) is 12.1. The largest absolute Gasteiger partial charge is 0.495 e. The minimum Gasteiger partial charge on any atom is -0.495 e. The Kier molecular flexibility index (Phi) is 4.66. The molecule has 21 heavy (non-hydrogen) atoms. The van der Waals surface area contributed by atoms with Crippen molar-refractivity contribution in [3.63, 3.8) is 0 Å². The van der Waals surface area contributed by atoms with Crippen LogP contribution in [-0.2, 0) is 6.54 Å². The first-order valence-corrected chi connectivity index (χ1v) is 6.63. The van der Waals surface area contributed by atoms with Crippen molar-refractivity contribution in [2.45, 2.75) is 13.5 Å². The van der Waals surface area contributed by atoms with Crippen molar-refractivity contribution in [1.82, 2.24) is 5.32 Å². The molecule has 0 unspecified atom stereocenters. The lowest BCUT2D eigenvalue weighted by atomic mass is 10.1. The molecule has 2 amide bonds. The van der Waals surface area contributed by atoms with E-state index in [-0.39, 0.29) is 6.03 Å². The van der Waals surface area contributed by atoms with Crippen LogP contribution in [0.2, 0.25) is 0 Å². The Morgan fingerprint density at radius 3 is 2.71 bits per heavy atom. The van der Waals surface area contributed by atoms with Crippen LogP contribution in [0.3, 0.4) is 0 Å². The summed E-state index contributed by atoms with van der Waals surface area (Å²) >= 11 is 0. The van der Waals surface area contributed by atoms with E-state index in [4.69, 9.17) is 10.5 Å². The van der Waals surface area contributed by atoms with E-state index in [1.54, 1.807) is 19.2 Å². The quantitative estimate of drug-likeness (QED) is 0.756. The second-order valence-electron chi connectivity index (χ2n) is 4.64. The number of hydrogen-bond donors (Lipinski definition) is 3. The van der Waals surface area contributed by atoms with Crippen LogP contribution >= 0.6 is 0 Å². The molecule has 0 saturated heterocycles. The SMILES string of the molecule is COc1ccccc1NC(=O)NCc1cccc(N)c1C. The first-order chi connectivity index (χ1) is 10.1. The summed E-state index contributed by atoms with van der Waals surface area (Å²) in [6.07, 6.45) is 0.